The van der Waals surface area contributed by atoms with Crippen molar-refractivity contribution in [1.82, 2.24) is 0 Å². The highest BCUT2D eigenvalue weighted by molar-refractivity contribution is 5.81. The van der Waals surface area contributed by atoms with Crippen LogP contribution in [0.2, 0.25) is 0 Å². The van der Waals surface area contributed by atoms with E-state index in [0.717, 1.165) is 6.42 Å². The van der Waals surface area contributed by atoms with Crippen LogP contribution in [0.5, 0.6) is 0 Å². The van der Waals surface area contributed by atoms with E-state index in [1.54, 1.807) is 0 Å². The number of esters is 1. The average molecular weight is 314 g/mol. The number of aliphatic carboxylic acids is 1. The molecule has 4 nitrogen and oxygen atoms in total. The second kappa shape index (κ2) is 9.16. The number of hydrogen-bond acceptors (Lipinski definition) is 3. The van der Waals surface area contributed by atoms with Gasteiger partial charge in [-0.1, -0.05) is 55.4 Å². The van der Waals surface area contributed by atoms with E-state index in [4.69, 9.17) is 4.74 Å². The van der Waals surface area contributed by atoms with Crippen molar-refractivity contribution in [3.8, 4) is 0 Å². The highest BCUT2D eigenvalue weighted by atomic mass is 16.5. The molecule has 0 aliphatic heterocycles. The van der Waals surface area contributed by atoms with Gasteiger partial charge in [-0.2, -0.15) is 0 Å². The van der Waals surface area contributed by atoms with Crippen molar-refractivity contribution in [3.63, 3.8) is 0 Å². The van der Waals surface area contributed by atoms with Crippen molar-refractivity contribution in [2.45, 2.75) is 67.9 Å². The van der Waals surface area contributed by atoms with Crippen LogP contribution in [0.1, 0.15) is 61.8 Å². The van der Waals surface area contributed by atoms with Gasteiger partial charge in [-0.15, -0.1) is 0 Å². The quantitative estimate of drug-likeness (QED) is 0.647. The summed E-state index contributed by atoms with van der Waals surface area (Å²) < 4.78 is 5.73. The minimum absolute atomic E-state index is 0.0668. The smallest absolute Gasteiger partial charge is 0.310 e. The van der Waals surface area contributed by atoms with E-state index < -0.39 is 17.8 Å². The third kappa shape index (κ3) is 6.37. The molecule has 0 saturated carbocycles. The Kier molecular flexibility index (Phi) is 8.72. The number of carboxylic acid groups (broad SMARTS) is 1. The molecule has 0 rings (SSSR count). The Morgan fingerprint density at radius 3 is 1.55 bits per heavy atom. The first kappa shape index (κ1) is 20.9. The number of carboxylic acids is 1. The molecular weight excluding hydrogens is 280 g/mol. The van der Waals surface area contributed by atoms with Crippen LogP contribution in [0.4, 0.5) is 0 Å². The molecule has 0 aromatic rings. The highest BCUT2D eigenvalue weighted by Gasteiger charge is 2.40. The van der Waals surface area contributed by atoms with Gasteiger partial charge in [-0.3, -0.25) is 9.59 Å². The SMILES string of the molecule is CC(C)CC(OC(=O)C(C(C)C)C(C(=O)O)C(C)C)C(C)C. The maximum Gasteiger partial charge on any atom is 0.310 e. The molecule has 0 saturated heterocycles. The van der Waals surface area contributed by atoms with Gasteiger partial charge in [0.25, 0.3) is 0 Å². The summed E-state index contributed by atoms with van der Waals surface area (Å²) in [5.41, 5.74) is 0. The van der Waals surface area contributed by atoms with E-state index in [2.05, 4.69) is 13.8 Å². The fourth-order valence-electron chi connectivity index (χ4n) is 2.84. The topological polar surface area (TPSA) is 63.6 Å². The lowest BCUT2D eigenvalue weighted by Gasteiger charge is -2.31. The predicted octanol–water partition coefficient (Wildman–Crippen LogP) is 4.23. The molecule has 1 N–H and O–H groups in total. The van der Waals surface area contributed by atoms with Crippen molar-refractivity contribution in [2.24, 2.45) is 35.5 Å². The summed E-state index contributed by atoms with van der Waals surface area (Å²) in [5.74, 6) is -2.13. The molecule has 0 bridgehead atoms. The fraction of sp³-hybridized carbons (Fsp3) is 0.889. The van der Waals surface area contributed by atoms with Crippen molar-refractivity contribution in [2.75, 3.05) is 0 Å². The van der Waals surface area contributed by atoms with E-state index in [1.165, 1.54) is 0 Å². The molecule has 4 heteroatoms. The van der Waals surface area contributed by atoms with Crippen LogP contribution in [0.3, 0.4) is 0 Å². The van der Waals surface area contributed by atoms with E-state index in [1.807, 2.05) is 41.5 Å². The van der Waals surface area contributed by atoms with Crippen molar-refractivity contribution in [3.05, 3.63) is 0 Å². The van der Waals surface area contributed by atoms with Crippen LogP contribution in [0.25, 0.3) is 0 Å². The number of carbonyl (C=O) groups excluding carboxylic acids is 1. The van der Waals surface area contributed by atoms with E-state index >= 15 is 0 Å². The van der Waals surface area contributed by atoms with Crippen molar-refractivity contribution >= 4 is 11.9 Å². The molecule has 0 aromatic carbocycles. The standard InChI is InChI=1S/C18H34O4/c1-10(2)9-14(11(3)4)22-18(21)16(13(7)8)15(12(5)6)17(19)20/h10-16H,9H2,1-8H3,(H,19,20). The van der Waals surface area contributed by atoms with Gasteiger partial charge in [0.1, 0.15) is 6.10 Å². The van der Waals surface area contributed by atoms with Gasteiger partial charge in [0.2, 0.25) is 0 Å². The highest BCUT2D eigenvalue weighted by Crippen LogP contribution is 2.30. The molecule has 0 heterocycles. The molecule has 0 aromatic heterocycles. The van der Waals surface area contributed by atoms with Gasteiger partial charge >= 0.3 is 11.9 Å². The summed E-state index contributed by atoms with van der Waals surface area (Å²) in [6.45, 7) is 15.7. The van der Waals surface area contributed by atoms with Gasteiger partial charge < -0.3 is 9.84 Å². The number of ether oxygens (including phenoxy) is 1. The molecule has 0 radical (unpaired) electrons. The third-order valence-corrected chi connectivity index (χ3v) is 4.10. The lowest BCUT2D eigenvalue weighted by molar-refractivity contribution is -0.168. The molecule has 0 spiro atoms. The van der Waals surface area contributed by atoms with Gasteiger partial charge in [0.15, 0.2) is 0 Å². The summed E-state index contributed by atoms with van der Waals surface area (Å²) in [6, 6.07) is 0. The number of hydrogen-bond donors (Lipinski definition) is 1. The molecule has 0 aliphatic rings. The average Bonchev–Trinajstić information content (AvgIpc) is 2.32. The Bertz CT molecular complexity index is 358. The fourth-order valence-corrected chi connectivity index (χ4v) is 2.84. The van der Waals surface area contributed by atoms with Crippen molar-refractivity contribution in [1.29, 1.82) is 0 Å². The second-order valence-corrected chi connectivity index (χ2v) is 7.73. The summed E-state index contributed by atoms with van der Waals surface area (Å²) in [7, 11) is 0. The van der Waals surface area contributed by atoms with Crippen LogP contribution in [-0.2, 0) is 14.3 Å². The Balaban J connectivity index is 5.25. The van der Waals surface area contributed by atoms with E-state index in [9.17, 15) is 14.7 Å². The zero-order valence-electron chi connectivity index (χ0n) is 15.4. The maximum atomic E-state index is 12.6. The minimum Gasteiger partial charge on any atom is -0.481 e. The predicted molar refractivity (Wildman–Crippen MR) is 88.5 cm³/mol. The van der Waals surface area contributed by atoms with Gasteiger partial charge in [0, 0.05) is 0 Å². The largest absolute Gasteiger partial charge is 0.481 e. The summed E-state index contributed by atoms with van der Waals surface area (Å²) in [4.78, 5) is 24.2. The van der Waals surface area contributed by atoms with Gasteiger partial charge in [0.05, 0.1) is 11.8 Å². The Morgan fingerprint density at radius 2 is 1.27 bits per heavy atom. The zero-order valence-corrected chi connectivity index (χ0v) is 15.4. The van der Waals surface area contributed by atoms with E-state index in [0.29, 0.717) is 5.92 Å². The first-order valence-electron chi connectivity index (χ1n) is 8.42. The molecule has 0 aliphatic carbocycles. The molecule has 0 fully saturated rings. The first-order chi connectivity index (χ1) is 9.98. The zero-order chi connectivity index (χ0) is 17.6. The van der Waals surface area contributed by atoms with Crippen LogP contribution in [0, 0.1) is 35.5 Å². The third-order valence-electron chi connectivity index (χ3n) is 4.10. The normalized spacial score (nSPS) is 16.2. The summed E-state index contributed by atoms with van der Waals surface area (Å²) >= 11 is 0. The Labute approximate surface area is 135 Å². The van der Waals surface area contributed by atoms with Crippen LogP contribution in [-0.4, -0.2) is 23.1 Å². The lowest BCUT2D eigenvalue weighted by atomic mass is 9.77. The van der Waals surface area contributed by atoms with Crippen LogP contribution in [0.15, 0.2) is 0 Å². The molecule has 0 amide bonds. The molecule has 130 valence electrons. The molecular formula is C18H34O4. The molecule has 3 atom stereocenters. The van der Waals surface area contributed by atoms with Crippen molar-refractivity contribution < 1.29 is 19.4 Å². The van der Waals surface area contributed by atoms with Crippen LogP contribution >= 0.6 is 0 Å². The monoisotopic (exact) mass is 314 g/mol. The Hall–Kier alpha value is -1.06. The van der Waals surface area contributed by atoms with Crippen LogP contribution < -0.4 is 0 Å². The number of carbonyl (C=O) groups is 2. The van der Waals surface area contributed by atoms with E-state index in [-0.39, 0.29) is 29.8 Å². The van der Waals surface area contributed by atoms with Gasteiger partial charge in [-0.05, 0) is 30.1 Å². The lowest BCUT2D eigenvalue weighted by Crippen LogP contribution is -2.40. The molecule has 22 heavy (non-hydrogen) atoms. The maximum absolute atomic E-state index is 12.6. The molecule has 3 unspecified atom stereocenters. The van der Waals surface area contributed by atoms with Gasteiger partial charge in [-0.25, -0.2) is 0 Å². The summed E-state index contributed by atoms with van der Waals surface area (Å²) in [6.07, 6.45) is 0.642. The summed E-state index contributed by atoms with van der Waals surface area (Å²) in [5, 5.41) is 9.49. The second-order valence-electron chi connectivity index (χ2n) is 7.73. The number of rotatable bonds is 9. The minimum atomic E-state index is -0.921. The first-order valence-corrected chi connectivity index (χ1v) is 8.42. The Morgan fingerprint density at radius 1 is 0.818 bits per heavy atom.